The minimum Gasteiger partial charge on any atom is -0.481 e. The summed E-state index contributed by atoms with van der Waals surface area (Å²) in [4.78, 5) is 23.3. The number of rotatable bonds is 4. The summed E-state index contributed by atoms with van der Waals surface area (Å²) >= 11 is 0. The molecule has 1 aromatic rings. The van der Waals surface area contributed by atoms with E-state index in [9.17, 15) is 9.59 Å². The van der Waals surface area contributed by atoms with Crippen molar-refractivity contribution >= 4 is 11.9 Å². The highest BCUT2D eigenvalue weighted by Crippen LogP contribution is 2.54. The van der Waals surface area contributed by atoms with Gasteiger partial charge in [0.15, 0.2) is 0 Å². The Bertz CT molecular complexity index is 639. The van der Waals surface area contributed by atoms with E-state index in [1.54, 1.807) is 0 Å². The minimum atomic E-state index is -0.682. The number of aryl methyl sites for hydroxylation is 2. The molecule has 1 amide bonds. The Morgan fingerprint density at radius 1 is 1.36 bits per heavy atom. The molecule has 6 nitrogen and oxygen atoms in total. The van der Waals surface area contributed by atoms with Gasteiger partial charge in [-0.05, 0) is 43.1 Å². The SMILES string of the molecule is Cn1ncc2c1CC(C(=O)N[C@@H]1C[C@@H]1[C@@H]1C[C@@H]1C(=O)O)CC2. The second-order valence-corrected chi connectivity index (χ2v) is 7.04. The molecule has 0 saturated heterocycles. The number of carboxylic acid groups (broad SMARTS) is 1. The number of carboxylic acids is 1. The summed E-state index contributed by atoms with van der Waals surface area (Å²) in [5.74, 6) is -0.0131. The zero-order valence-corrected chi connectivity index (χ0v) is 12.7. The Labute approximate surface area is 128 Å². The van der Waals surface area contributed by atoms with Gasteiger partial charge in [-0.3, -0.25) is 14.3 Å². The molecule has 0 radical (unpaired) electrons. The number of nitrogens with zero attached hydrogens (tertiary/aromatic N) is 2. The van der Waals surface area contributed by atoms with E-state index >= 15 is 0 Å². The Morgan fingerprint density at radius 3 is 2.91 bits per heavy atom. The molecule has 0 aliphatic heterocycles. The monoisotopic (exact) mass is 303 g/mol. The molecule has 118 valence electrons. The smallest absolute Gasteiger partial charge is 0.306 e. The van der Waals surface area contributed by atoms with Gasteiger partial charge in [0.25, 0.3) is 0 Å². The number of hydrogen-bond donors (Lipinski definition) is 2. The van der Waals surface area contributed by atoms with Crippen LogP contribution in [0.3, 0.4) is 0 Å². The van der Waals surface area contributed by atoms with Crippen LogP contribution < -0.4 is 5.32 Å². The van der Waals surface area contributed by atoms with Crippen LogP contribution in [-0.2, 0) is 29.5 Å². The number of fused-ring (bicyclic) bond motifs is 1. The first-order valence-electron chi connectivity index (χ1n) is 8.07. The maximum absolute atomic E-state index is 12.4. The van der Waals surface area contributed by atoms with Gasteiger partial charge in [-0.2, -0.15) is 5.10 Å². The molecule has 1 heterocycles. The highest BCUT2D eigenvalue weighted by molar-refractivity contribution is 5.80. The fourth-order valence-electron chi connectivity index (χ4n) is 4.00. The van der Waals surface area contributed by atoms with Gasteiger partial charge < -0.3 is 10.4 Å². The fraction of sp³-hybridized carbons (Fsp3) is 0.688. The lowest BCUT2D eigenvalue weighted by Crippen LogP contribution is -2.36. The van der Waals surface area contributed by atoms with Gasteiger partial charge in [0.1, 0.15) is 0 Å². The molecule has 2 saturated carbocycles. The van der Waals surface area contributed by atoms with Crippen molar-refractivity contribution in [1.82, 2.24) is 15.1 Å². The van der Waals surface area contributed by atoms with E-state index in [1.165, 1.54) is 11.3 Å². The minimum absolute atomic E-state index is 0.0265. The van der Waals surface area contributed by atoms with E-state index in [2.05, 4.69) is 10.4 Å². The van der Waals surface area contributed by atoms with Crippen molar-refractivity contribution in [3.8, 4) is 0 Å². The molecule has 2 N–H and O–H groups in total. The Morgan fingerprint density at radius 2 is 2.18 bits per heavy atom. The van der Waals surface area contributed by atoms with Gasteiger partial charge in [0, 0.05) is 31.1 Å². The molecule has 22 heavy (non-hydrogen) atoms. The summed E-state index contributed by atoms with van der Waals surface area (Å²) in [5, 5.41) is 16.4. The van der Waals surface area contributed by atoms with Crippen LogP contribution >= 0.6 is 0 Å². The molecular formula is C16H21N3O3. The summed E-state index contributed by atoms with van der Waals surface area (Å²) in [7, 11) is 1.93. The van der Waals surface area contributed by atoms with E-state index in [1.807, 2.05) is 17.9 Å². The van der Waals surface area contributed by atoms with Gasteiger partial charge in [-0.25, -0.2) is 0 Å². The third-order valence-electron chi connectivity index (χ3n) is 5.60. The fourth-order valence-corrected chi connectivity index (χ4v) is 4.00. The maximum atomic E-state index is 12.4. The van der Waals surface area contributed by atoms with Crippen molar-refractivity contribution in [1.29, 1.82) is 0 Å². The van der Waals surface area contributed by atoms with Crippen molar-refractivity contribution in [2.24, 2.45) is 30.7 Å². The molecule has 0 aromatic carbocycles. The molecule has 2 fully saturated rings. The van der Waals surface area contributed by atoms with Gasteiger partial charge in [0.05, 0.1) is 12.1 Å². The molecule has 1 aromatic heterocycles. The van der Waals surface area contributed by atoms with E-state index in [4.69, 9.17) is 5.11 Å². The number of carbonyl (C=O) groups excluding carboxylic acids is 1. The zero-order chi connectivity index (χ0) is 15.4. The van der Waals surface area contributed by atoms with Gasteiger partial charge >= 0.3 is 5.97 Å². The predicted molar refractivity (Wildman–Crippen MR) is 78.0 cm³/mol. The van der Waals surface area contributed by atoms with E-state index < -0.39 is 5.97 Å². The number of aliphatic carboxylic acids is 1. The van der Waals surface area contributed by atoms with Crippen molar-refractivity contribution in [3.63, 3.8) is 0 Å². The average Bonchev–Trinajstić information content (AvgIpc) is 3.37. The van der Waals surface area contributed by atoms with Crippen LogP contribution in [0.25, 0.3) is 0 Å². The quantitative estimate of drug-likeness (QED) is 0.859. The van der Waals surface area contributed by atoms with Crippen LogP contribution in [0.4, 0.5) is 0 Å². The van der Waals surface area contributed by atoms with Gasteiger partial charge in [-0.15, -0.1) is 0 Å². The molecule has 3 aliphatic carbocycles. The van der Waals surface area contributed by atoms with Crippen LogP contribution in [0.2, 0.25) is 0 Å². The zero-order valence-electron chi connectivity index (χ0n) is 12.7. The van der Waals surface area contributed by atoms with Crippen molar-refractivity contribution < 1.29 is 14.7 Å². The van der Waals surface area contributed by atoms with Crippen molar-refractivity contribution in [3.05, 3.63) is 17.5 Å². The summed E-state index contributed by atoms with van der Waals surface area (Å²) < 4.78 is 1.87. The maximum Gasteiger partial charge on any atom is 0.306 e. The number of carbonyl (C=O) groups is 2. The van der Waals surface area contributed by atoms with Crippen LogP contribution in [0.15, 0.2) is 6.20 Å². The Hall–Kier alpha value is -1.85. The largest absolute Gasteiger partial charge is 0.481 e. The predicted octanol–water partition coefficient (Wildman–Crippen LogP) is 0.750. The third kappa shape index (κ3) is 2.30. The van der Waals surface area contributed by atoms with Crippen molar-refractivity contribution in [2.45, 2.75) is 38.1 Å². The summed E-state index contributed by atoms with van der Waals surface area (Å²) in [6.07, 6.45) is 6.19. The van der Waals surface area contributed by atoms with Crippen LogP contribution in [-0.4, -0.2) is 32.8 Å². The molecule has 4 rings (SSSR count). The first-order chi connectivity index (χ1) is 10.5. The first kappa shape index (κ1) is 13.8. The molecule has 6 heteroatoms. The highest BCUT2D eigenvalue weighted by Gasteiger charge is 2.57. The lowest BCUT2D eigenvalue weighted by Gasteiger charge is -2.22. The Balaban J connectivity index is 1.31. The van der Waals surface area contributed by atoms with Crippen LogP contribution in [0, 0.1) is 23.7 Å². The summed E-state index contributed by atoms with van der Waals surface area (Å²) in [5.41, 5.74) is 2.44. The summed E-state index contributed by atoms with van der Waals surface area (Å²) in [6.45, 7) is 0. The number of amides is 1. The molecule has 0 bridgehead atoms. The average molecular weight is 303 g/mol. The standard InChI is InChI=1S/C16H21N3O3/c1-19-14-4-8(2-3-9(14)7-17-19)15(20)18-13-6-11(13)10-5-12(10)16(21)22/h7-8,10-13H,2-6H2,1H3,(H,18,20)(H,21,22)/t8?,10-,11+,12-,13+/m0/s1. The second-order valence-electron chi connectivity index (χ2n) is 7.04. The van der Waals surface area contributed by atoms with Gasteiger partial charge in [-0.1, -0.05) is 0 Å². The topological polar surface area (TPSA) is 84.2 Å². The van der Waals surface area contributed by atoms with E-state index in [0.29, 0.717) is 5.92 Å². The van der Waals surface area contributed by atoms with Gasteiger partial charge in [0.2, 0.25) is 5.91 Å². The molecule has 3 aliphatic rings. The first-order valence-corrected chi connectivity index (χ1v) is 8.07. The van der Waals surface area contributed by atoms with Crippen molar-refractivity contribution in [2.75, 3.05) is 0 Å². The number of hydrogen-bond acceptors (Lipinski definition) is 3. The molecule has 0 spiro atoms. The van der Waals surface area contributed by atoms with Crippen LogP contribution in [0.1, 0.15) is 30.5 Å². The molecule has 1 unspecified atom stereocenters. The Kier molecular flexibility index (Phi) is 3.03. The van der Waals surface area contributed by atoms with Crippen LogP contribution in [0.5, 0.6) is 0 Å². The lowest BCUT2D eigenvalue weighted by molar-refractivity contribution is -0.138. The van der Waals surface area contributed by atoms with E-state index in [0.717, 1.165) is 32.1 Å². The molecule has 5 atom stereocenters. The molecular weight excluding hydrogens is 282 g/mol. The summed E-state index contributed by atoms with van der Waals surface area (Å²) in [6, 6.07) is 0.204. The number of aromatic nitrogens is 2. The van der Waals surface area contributed by atoms with E-state index in [-0.39, 0.29) is 29.7 Å². The lowest BCUT2D eigenvalue weighted by atomic mass is 9.87. The third-order valence-corrected chi connectivity index (χ3v) is 5.60. The number of nitrogens with one attached hydrogen (secondary N) is 1. The second kappa shape index (κ2) is 4.83. The highest BCUT2D eigenvalue weighted by atomic mass is 16.4. The normalized spacial score (nSPS) is 35.6.